The molecule has 0 saturated heterocycles. The maximum Gasteiger partial charge on any atom is 0.227 e. The highest BCUT2D eigenvalue weighted by atomic mass is 32.2. The zero-order valence-electron chi connectivity index (χ0n) is 23.1. The average Bonchev–Trinajstić information content (AvgIpc) is 3.62. The number of H-pyrrole nitrogens is 2. The second-order valence-corrected chi connectivity index (χ2v) is 12.6. The van der Waals surface area contributed by atoms with Crippen LogP contribution in [-0.2, 0) is 21.4 Å². The fourth-order valence-corrected chi connectivity index (χ4v) is 5.48. The molecule has 44 heavy (non-hydrogen) atoms. The van der Waals surface area contributed by atoms with Gasteiger partial charge in [0.25, 0.3) is 0 Å². The van der Waals surface area contributed by atoms with Crippen molar-refractivity contribution in [1.82, 2.24) is 34.9 Å². The van der Waals surface area contributed by atoms with E-state index in [0.29, 0.717) is 61.5 Å². The van der Waals surface area contributed by atoms with Crippen molar-refractivity contribution in [3.8, 4) is 33.9 Å². The summed E-state index contributed by atoms with van der Waals surface area (Å²) in [7, 11) is -3.48. The highest BCUT2D eigenvalue weighted by Gasteiger charge is 2.29. The quantitative estimate of drug-likeness (QED) is 0.190. The third-order valence-electron chi connectivity index (χ3n) is 7.31. The van der Waals surface area contributed by atoms with Gasteiger partial charge in [-0.2, -0.15) is 5.10 Å². The number of aromatic amines is 2. The number of halogens is 2. The Hall–Kier alpha value is -5.08. The largest absolute Gasteiger partial charge is 0.336 e. The topological polar surface area (TPSA) is 158 Å². The molecule has 11 nitrogen and oxygen atoms in total. The second-order valence-electron chi connectivity index (χ2n) is 10.8. The SMILES string of the molecule is CS(=O)(=O)NCc1cc(F)cc(-c2nccc3[nH]c(-c4n[nH]c5cc(F)c(-c6cncc(NC(=O)C7CC7)c6)cc45)nc23)c1. The Morgan fingerprint density at radius 2 is 1.86 bits per heavy atom. The number of pyridine rings is 2. The predicted molar refractivity (Wildman–Crippen MR) is 161 cm³/mol. The molecule has 0 atom stereocenters. The fourth-order valence-electron chi connectivity index (χ4n) is 5.05. The Morgan fingerprint density at radius 3 is 2.66 bits per heavy atom. The van der Waals surface area contributed by atoms with Crippen LogP contribution in [0.15, 0.2) is 61.1 Å². The summed E-state index contributed by atoms with van der Waals surface area (Å²) in [5.74, 6) is -0.739. The number of imidazole rings is 1. The Balaban J connectivity index is 1.27. The van der Waals surface area contributed by atoms with Crippen LogP contribution in [0.2, 0.25) is 0 Å². The summed E-state index contributed by atoms with van der Waals surface area (Å²) in [5, 5.41) is 10.7. The van der Waals surface area contributed by atoms with Crippen molar-refractivity contribution in [3.63, 3.8) is 0 Å². The van der Waals surface area contributed by atoms with Gasteiger partial charge in [0.2, 0.25) is 15.9 Å². The van der Waals surface area contributed by atoms with Gasteiger partial charge >= 0.3 is 0 Å². The van der Waals surface area contributed by atoms with E-state index in [2.05, 4.69) is 35.2 Å². The molecule has 4 aromatic heterocycles. The first-order chi connectivity index (χ1) is 21.1. The van der Waals surface area contributed by atoms with E-state index >= 15 is 4.39 Å². The van der Waals surface area contributed by atoms with Gasteiger partial charge in [-0.05, 0) is 54.8 Å². The lowest BCUT2D eigenvalue weighted by atomic mass is 10.0. The molecule has 6 aromatic rings. The molecule has 0 spiro atoms. The summed E-state index contributed by atoms with van der Waals surface area (Å²) in [6, 6.07) is 10.6. The summed E-state index contributed by atoms with van der Waals surface area (Å²) in [4.78, 5) is 28.8. The van der Waals surface area contributed by atoms with Crippen molar-refractivity contribution in [2.75, 3.05) is 11.6 Å². The van der Waals surface area contributed by atoms with E-state index in [4.69, 9.17) is 4.98 Å². The molecule has 7 rings (SSSR count). The molecule has 222 valence electrons. The molecule has 1 aliphatic carbocycles. The standard InChI is InChI=1S/C30H24F2N8O3S/c1-44(42,43)35-12-15-6-17(8-19(31)7-15)26-28-24(4-5-34-26)37-29(38-28)27-22-10-21(23(32)11-25(22)39-40-27)18-9-20(14-33-13-18)36-30(41)16-2-3-16/h4-11,13-14,16,35H,2-3,12H2,1H3,(H,36,41)(H,37,38)(H,39,40). The molecular formula is C30H24F2N8O3S. The lowest BCUT2D eigenvalue weighted by molar-refractivity contribution is -0.117. The van der Waals surface area contributed by atoms with Gasteiger partial charge in [-0.1, -0.05) is 0 Å². The van der Waals surface area contributed by atoms with Crippen LogP contribution in [0.3, 0.4) is 0 Å². The number of carbonyl (C=O) groups is 1. The highest BCUT2D eigenvalue weighted by molar-refractivity contribution is 7.88. The lowest BCUT2D eigenvalue weighted by Gasteiger charge is -2.08. The van der Waals surface area contributed by atoms with Crippen molar-refractivity contribution in [1.29, 1.82) is 0 Å². The molecule has 1 aliphatic rings. The van der Waals surface area contributed by atoms with Crippen molar-refractivity contribution in [2.24, 2.45) is 5.92 Å². The maximum atomic E-state index is 15.3. The number of anilines is 1. The van der Waals surface area contributed by atoms with E-state index in [-0.39, 0.29) is 23.9 Å². The van der Waals surface area contributed by atoms with Crippen LogP contribution in [0.1, 0.15) is 18.4 Å². The number of hydrogen-bond acceptors (Lipinski definition) is 7. The number of nitrogens with one attached hydrogen (secondary N) is 4. The van der Waals surface area contributed by atoms with E-state index in [1.54, 1.807) is 30.5 Å². The van der Waals surface area contributed by atoms with Gasteiger partial charge in [-0.15, -0.1) is 0 Å². The zero-order valence-corrected chi connectivity index (χ0v) is 24.0. The van der Waals surface area contributed by atoms with Crippen LogP contribution in [0.25, 0.3) is 55.8 Å². The molecule has 1 fully saturated rings. The number of sulfonamides is 1. The third-order valence-corrected chi connectivity index (χ3v) is 7.98. The van der Waals surface area contributed by atoms with Crippen LogP contribution in [0.4, 0.5) is 14.5 Å². The van der Waals surface area contributed by atoms with Crippen LogP contribution < -0.4 is 10.0 Å². The number of rotatable bonds is 8. The molecule has 0 unspecified atom stereocenters. The number of amides is 1. The summed E-state index contributed by atoms with van der Waals surface area (Å²) >= 11 is 0. The molecule has 4 heterocycles. The Morgan fingerprint density at radius 1 is 1.02 bits per heavy atom. The molecule has 4 N–H and O–H groups in total. The van der Waals surface area contributed by atoms with E-state index in [1.807, 2.05) is 0 Å². The van der Waals surface area contributed by atoms with Gasteiger partial charge in [0.05, 0.1) is 34.9 Å². The summed E-state index contributed by atoms with van der Waals surface area (Å²) in [6.07, 6.45) is 7.34. The number of carbonyl (C=O) groups excluding carboxylic acids is 1. The molecule has 14 heteroatoms. The zero-order chi connectivity index (χ0) is 30.6. The van der Waals surface area contributed by atoms with Gasteiger partial charge in [0, 0.05) is 53.0 Å². The van der Waals surface area contributed by atoms with Crippen molar-refractivity contribution in [2.45, 2.75) is 19.4 Å². The normalized spacial score (nSPS) is 13.5. The summed E-state index contributed by atoms with van der Waals surface area (Å²) < 4.78 is 55.3. The van der Waals surface area contributed by atoms with Crippen molar-refractivity contribution in [3.05, 3.63) is 78.3 Å². The number of fused-ring (bicyclic) bond motifs is 2. The fraction of sp³-hybridized carbons (Fsp3) is 0.167. The molecular weight excluding hydrogens is 590 g/mol. The molecule has 1 amide bonds. The smallest absolute Gasteiger partial charge is 0.227 e. The lowest BCUT2D eigenvalue weighted by Crippen LogP contribution is -2.21. The number of nitrogens with zero attached hydrogens (tertiary/aromatic N) is 4. The molecule has 2 aromatic carbocycles. The van der Waals surface area contributed by atoms with Gasteiger partial charge in [-0.25, -0.2) is 26.9 Å². The first-order valence-electron chi connectivity index (χ1n) is 13.6. The third kappa shape index (κ3) is 5.52. The van der Waals surface area contributed by atoms with E-state index in [9.17, 15) is 17.6 Å². The van der Waals surface area contributed by atoms with Crippen LogP contribution >= 0.6 is 0 Å². The number of hydrogen-bond donors (Lipinski definition) is 4. The van der Waals surface area contributed by atoms with Gasteiger partial charge in [-0.3, -0.25) is 19.9 Å². The first kappa shape index (κ1) is 27.7. The van der Waals surface area contributed by atoms with Gasteiger partial charge in [0.1, 0.15) is 22.8 Å². The minimum atomic E-state index is -3.48. The minimum Gasteiger partial charge on any atom is -0.336 e. The van der Waals surface area contributed by atoms with E-state index < -0.39 is 21.7 Å². The van der Waals surface area contributed by atoms with Crippen LogP contribution in [0.5, 0.6) is 0 Å². The monoisotopic (exact) mass is 614 g/mol. The molecule has 0 bridgehead atoms. The average molecular weight is 615 g/mol. The summed E-state index contributed by atoms with van der Waals surface area (Å²) in [6.45, 7) is -0.0884. The highest BCUT2D eigenvalue weighted by Crippen LogP contribution is 2.35. The van der Waals surface area contributed by atoms with Gasteiger partial charge in [0.15, 0.2) is 5.82 Å². The Kier molecular flexibility index (Phi) is 6.66. The number of aromatic nitrogens is 6. The Bertz CT molecular complexity index is 2210. The Labute approximate surface area is 249 Å². The maximum absolute atomic E-state index is 15.3. The molecule has 0 aliphatic heterocycles. The van der Waals surface area contributed by atoms with E-state index in [0.717, 1.165) is 19.1 Å². The molecule has 1 saturated carbocycles. The molecule has 0 radical (unpaired) electrons. The van der Waals surface area contributed by atoms with E-state index in [1.165, 1.54) is 30.6 Å². The summed E-state index contributed by atoms with van der Waals surface area (Å²) in [5.41, 5.74) is 4.35. The predicted octanol–water partition coefficient (Wildman–Crippen LogP) is 4.91. The van der Waals surface area contributed by atoms with Gasteiger partial charge < -0.3 is 10.3 Å². The van der Waals surface area contributed by atoms with Crippen molar-refractivity contribution >= 4 is 43.6 Å². The van der Waals surface area contributed by atoms with Crippen molar-refractivity contribution < 1.29 is 22.0 Å². The van der Waals surface area contributed by atoms with Crippen LogP contribution in [-0.4, -0.2) is 50.7 Å². The van der Waals surface area contributed by atoms with Crippen LogP contribution in [0, 0.1) is 17.6 Å². The first-order valence-corrected chi connectivity index (χ1v) is 15.5. The minimum absolute atomic E-state index is 0.0135. The second kappa shape index (κ2) is 10.6. The number of benzene rings is 2.